The van der Waals surface area contributed by atoms with Crippen molar-refractivity contribution in [2.75, 3.05) is 4.90 Å². The van der Waals surface area contributed by atoms with Crippen molar-refractivity contribution in [3.8, 4) is 22.3 Å². The van der Waals surface area contributed by atoms with E-state index in [-0.39, 0.29) is 27.1 Å². The van der Waals surface area contributed by atoms with Crippen LogP contribution in [0.1, 0.15) is 147 Å². The summed E-state index contributed by atoms with van der Waals surface area (Å²) < 4.78 is 0. The second-order valence-corrected chi connectivity index (χ2v) is 22.3. The van der Waals surface area contributed by atoms with Crippen LogP contribution in [0.15, 0.2) is 103 Å². The molecule has 0 aliphatic heterocycles. The molecule has 1 heteroatoms. The average molecular weight is 750 g/mol. The van der Waals surface area contributed by atoms with E-state index in [0.29, 0.717) is 11.8 Å². The first kappa shape index (κ1) is 36.0. The van der Waals surface area contributed by atoms with Gasteiger partial charge in [-0.3, -0.25) is 0 Å². The second kappa shape index (κ2) is 12.0. The number of hydrogen-bond donors (Lipinski definition) is 0. The van der Waals surface area contributed by atoms with Crippen LogP contribution in [-0.2, 0) is 27.1 Å². The topological polar surface area (TPSA) is 3.24 Å². The summed E-state index contributed by atoms with van der Waals surface area (Å²) >= 11 is 0. The third-order valence-corrected chi connectivity index (χ3v) is 17.1. The van der Waals surface area contributed by atoms with E-state index < -0.39 is 0 Å². The van der Waals surface area contributed by atoms with Crippen molar-refractivity contribution >= 4 is 17.1 Å². The Bertz CT molecular complexity index is 2410. The molecule has 0 saturated heterocycles. The standard InChI is InChI=1S/C56H63N/c1-52(2)26-28-54(5,6)49-41(15-11-18-45(49)52)37-22-24-40(25-23-37)57(48-21-13-19-46-51(48)55(7,8)29-27-53(46,3)4)47-20-12-16-43-42-14-9-10-17-44(42)56(50(43)47)38-31-35-30-36(33-38)34-39(56)32-35/h9-25,35-36,38-39H,26-34H2,1-8H3. The Balaban J connectivity index is 1.16. The molecule has 4 bridgehead atoms. The Morgan fingerprint density at radius 3 is 1.53 bits per heavy atom. The molecule has 0 heterocycles. The van der Waals surface area contributed by atoms with Gasteiger partial charge in [-0.05, 0) is 183 Å². The van der Waals surface area contributed by atoms with Crippen LogP contribution in [0.5, 0.6) is 0 Å². The molecule has 5 aromatic rings. The molecular formula is C56H63N. The first-order valence-electron chi connectivity index (χ1n) is 22.6. The first-order valence-corrected chi connectivity index (χ1v) is 22.6. The third kappa shape index (κ3) is 4.99. The van der Waals surface area contributed by atoms with Crippen molar-refractivity contribution in [3.63, 3.8) is 0 Å². The molecule has 0 unspecified atom stereocenters. The maximum absolute atomic E-state index is 2.76. The Labute approximate surface area is 343 Å². The fourth-order valence-corrected chi connectivity index (χ4v) is 14.4. The molecule has 0 amide bonds. The lowest BCUT2D eigenvalue weighted by molar-refractivity contribution is -0.0397. The Hall–Kier alpha value is -4.10. The number of fused-ring (bicyclic) bond motifs is 5. The van der Waals surface area contributed by atoms with E-state index in [1.54, 1.807) is 22.3 Å². The van der Waals surface area contributed by atoms with Gasteiger partial charge in [-0.25, -0.2) is 0 Å². The Morgan fingerprint density at radius 1 is 0.404 bits per heavy atom. The fourth-order valence-electron chi connectivity index (χ4n) is 14.4. The molecule has 7 aliphatic carbocycles. The minimum atomic E-state index is 0.0579. The maximum atomic E-state index is 2.76. The highest BCUT2D eigenvalue weighted by atomic mass is 15.2. The lowest BCUT2D eigenvalue weighted by Crippen LogP contribution is -2.55. The summed E-state index contributed by atoms with van der Waals surface area (Å²) in [5, 5.41) is 0. The van der Waals surface area contributed by atoms with Gasteiger partial charge in [0.05, 0.1) is 11.4 Å². The van der Waals surface area contributed by atoms with Gasteiger partial charge in [0.2, 0.25) is 0 Å². The van der Waals surface area contributed by atoms with Crippen LogP contribution in [0.2, 0.25) is 0 Å². The monoisotopic (exact) mass is 749 g/mol. The minimum absolute atomic E-state index is 0.0579. The molecule has 12 rings (SSSR count). The van der Waals surface area contributed by atoms with Crippen LogP contribution >= 0.6 is 0 Å². The van der Waals surface area contributed by atoms with Gasteiger partial charge in [0.25, 0.3) is 0 Å². The SMILES string of the molecule is CC1(C)CCC(C)(C)c2c(-c3ccc(N(c4cccc5c4C(C)(C)CCC5(C)C)c4cccc5c4C4(c6ccccc6-5)C5CC6CC(C5)CC4C6)cc3)cccc21. The highest BCUT2D eigenvalue weighted by molar-refractivity contribution is 5.92. The molecule has 0 radical (unpaired) electrons. The number of nitrogens with zero attached hydrogens (tertiary/aromatic N) is 1. The van der Waals surface area contributed by atoms with Gasteiger partial charge in [-0.15, -0.1) is 0 Å². The summed E-state index contributed by atoms with van der Waals surface area (Å²) in [6.45, 7) is 19.8. The number of anilines is 3. The molecule has 0 N–H and O–H groups in total. The quantitative estimate of drug-likeness (QED) is 0.177. The third-order valence-electron chi connectivity index (χ3n) is 17.1. The molecule has 1 nitrogen and oxygen atoms in total. The molecule has 4 fully saturated rings. The Kier molecular flexibility index (Phi) is 7.58. The summed E-state index contributed by atoms with van der Waals surface area (Å²) in [6.07, 6.45) is 11.9. The molecular weight excluding hydrogens is 687 g/mol. The summed E-state index contributed by atoms with van der Waals surface area (Å²) in [5.74, 6) is 3.24. The van der Waals surface area contributed by atoms with Gasteiger partial charge in [0.1, 0.15) is 0 Å². The average Bonchev–Trinajstić information content (AvgIpc) is 3.49. The summed E-state index contributed by atoms with van der Waals surface area (Å²) in [5.41, 5.74) is 19.8. The number of benzene rings is 5. The van der Waals surface area contributed by atoms with E-state index in [1.165, 1.54) is 108 Å². The van der Waals surface area contributed by atoms with E-state index in [1.807, 2.05) is 0 Å². The van der Waals surface area contributed by atoms with E-state index >= 15 is 0 Å². The van der Waals surface area contributed by atoms with Gasteiger partial charge in [0, 0.05) is 11.1 Å². The maximum Gasteiger partial charge on any atom is 0.0509 e. The zero-order chi connectivity index (χ0) is 39.3. The first-order chi connectivity index (χ1) is 27.2. The van der Waals surface area contributed by atoms with Gasteiger partial charge >= 0.3 is 0 Å². The molecule has 0 atom stereocenters. The zero-order valence-corrected chi connectivity index (χ0v) is 35.9. The largest absolute Gasteiger partial charge is 0.310 e. The minimum Gasteiger partial charge on any atom is -0.310 e. The molecule has 1 spiro atoms. The van der Waals surface area contributed by atoms with Gasteiger partial charge < -0.3 is 4.90 Å². The van der Waals surface area contributed by atoms with Crippen molar-refractivity contribution in [1.82, 2.24) is 0 Å². The van der Waals surface area contributed by atoms with E-state index in [2.05, 4.69) is 163 Å². The van der Waals surface area contributed by atoms with Crippen molar-refractivity contribution < 1.29 is 0 Å². The lowest BCUT2D eigenvalue weighted by Gasteiger charge is -2.61. The van der Waals surface area contributed by atoms with Gasteiger partial charge in [0.15, 0.2) is 0 Å². The molecule has 4 saturated carbocycles. The van der Waals surface area contributed by atoms with E-state index in [9.17, 15) is 0 Å². The summed E-state index contributed by atoms with van der Waals surface area (Å²) in [4.78, 5) is 2.76. The Morgan fingerprint density at radius 2 is 0.877 bits per heavy atom. The summed E-state index contributed by atoms with van der Waals surface area (Å²) in [7, 11) is 0. The van der Waals surface area contributed by atoms with Crippen molar-refractivity contribution in [3.05, 3.63) is 137 Å². The summed E-state index contributed by atoms with van der Waals surface area (Å²) in [6, 6.07) is 41.3. The lowest BCUT2D eigenvalue weighted by atomic mass is 9.43. The molecule has 57 heavy (non-hydrogen) atoms. The van der Waals surface area contributed by atoms with Crippen LogP contribution < -0.4 is 4.90 Å². The smallest absolute Gasteiger partial charge is 0.0509 e. The molecule has 292 valence electrons. The van der Waals surface area contributed by atoms with Crippen LogP contribution in [0, 0.1) is 23.7 Å². The molecule has 5 aromatic carbocycles. The van der Waals surface area contributed by atoms with Crippen LogP contribution in [0.25, 0.3) is 22.3 Å². The highest BCUT2D eigenvalue weighted by Gasteiger charge is 2.62. The van der Waals surface area contributed by atoms with Crippen LogP contribution in [0.3, 0.4) is 0 Å². The number of rotatable bonds is 4. The zero-order valence-electron chi connectivity index (χ0n) is 35.9. The normalized spacial score (nSPS) is 28.7. The van der Waals surface area contributed by atoms with Gasteiger partial charge in [-0.1, -0.05) is 134 Å². The van der Waals surface area contributed by atoms with Crippen molar-refractivity contribution in [1.29, 1.82) is 0 Å². The van der Waals surface area contributed by atoms with E-state index in [4.69, 9.17) is 0 Å². The molecule has 7 aliphatic rings. The molecule has 0 aromatic heterocycles. The second-order valence-electron chi connectivity index (χ2n) is 22.3. The van der Waals surface area contributed by atoms with Gasteiger partial charge in [-0.2, -0.15) is 0 Å². The van der Waals surface area contributed by atoms with Crippen LogP contribution in [-0.4, -0.2) is 0 Å². The van der Waals surface area contributed by atoms with E-state index in [0.717, 1.165) is 11.8 Å². The fraction of sp³-hybridized carbons (Fsp3) is 0.464. The predicted octanol–water partition coefficient (Wildman–Crippen LogP) is 15.2. The van der Waals surface area contributed by atoms with Crippen LogP contribution in [0.4, 0.5) is 17.1 Å². The van der Waals surface area contributed by atoms with Crippen molar-refractivity contribution in [2.24, 2.45) is 23.7 Å². The predicted molar refractivity (Wildman–Crippen MR) is 240 cm³/mol. The highest BCUT2D eigenvalue weighted by Crippen LogP contribution is 2.71. The van der Waals surface area contributed by atoms with Crippen molar-refractivity contribution in [2.45, 2.75) is 140 Å². The number of hydrogen-bond acceptors (Lipinski definition) is 1.